The van der Waals surface area contributed by atoms with Crippen molar-refractivity contribution in [3.05, 3.63) is 21.8 Å². The molecule has 0 aliphatic heterocycles. The minimum absolute atomic E-state index is 0.106. The maximum absolute atomic E-state index is 12.2. The molecule has 0 saturated carbocycles. The van der Waals surface area contributed by atoms with Crippen LogP contribution in [0.1, 0.15) is 31.2 Å². The van der Waals surface area contributed by atoms with Crippen molar-refractivity contribution in [3.8, 4) is 0 Å². The third-order valence-electron chi connectivity index (χ3n) is 3.08. The van der Waals surface area contributed by atoms with Crippen molar-refractivity contribution in [3.63, 3.8) is 0 Å². The summed E-state index contributed by atoms with van der Waals surface area (Å²) in [5.41, 5.74) is 0.434. The van der Waals surface area contributed by atoms with Crippen LogP contribution in [0.3, 0.4) is 0 Å². The van der Waals surface area contributed by atoms with Crippen LogP contribution in [0.4, 0.5) is 0 Å². The topological polar surface area (TPSA) is 90.0 Å². The molecule has 0 aromatic carbocycles. The van der Waals surface area contributed by atoms with Gasteiger partial charge in [0.15, 0.2) is 5.52 Å². The number of hydrogen-bond acceptors (Lipinski definition) is 5. The molecule has 0 saturated heterocycles. The lowest BCUT2D eigenvalue weighted by molar-refractivity contribution is -0.121. The SMILES string of the molecule is CCCCNC(=O)Cn1nc(C)c2c(C)onc2c1=O. The third-order valence-corrected chi connectivity index (χ3v) is 3.08. The zero-order valence-corrected chi connectivity index (χ0v) is 11.9. The fourth-order valence-corrected chi connectivity index (χ4v) is 2.05. The van der Waals surface area contributed by atoms with Gasteiger partial charge in [-0.05, 0) is 20.3 Å². The second kappa shape index (κ2) is 5.85. The summed E-state index contributed by atoms with van der Waals surface area (Å²) in [7, 11) is 0. The van der Waals surface area contributed by atoms with Gasteiger partial charge in [0, 0.05) is 6.54 Å². The van der Waals surface area contributed by atoms with Crippen molar-refractivity contribution in [1.29, 1.82) is 0 Å². The van der Waals surface area contributed by atoms with Crippen molar-refractivity contribution < 1.29 is 9.32 Å². The standard InChI is InChI=1S/C13H18N4O3/c1-4-5-6-14-10(18)7-17-13(19)12-11(8(2)15-17)9(3)20-16-12/h4-7H2,1-3H3,(H,14,18). The highest BCUT2D eigenvalue weighted by Gasteiger charge is 2.16. The Balaban J connectivity index is 2.25. The molecule has 2 heterocycles. The molecule has 2 aromatic heterocycles. The molecular formula is C13H18N4O3. The van der Waals surface area contributed by atoms with Crippen LogP contribution in [0.15, 0.2) is 9.32 Å². The normalized spacial score (nSPS) is 10.9. The molecule has 108 valence electrons. The van der Waals surface area contributed by atoms with Crippen molar-refractivity contribution in [2.24, 2.45) is 0 Å². The minimum atomic E-state index is -0.409. The zero-order chi connectivity index (χ0) is 14.7. The van der Waals surface area contributed by atoms with Crippen LogP contribution in [0, 0.1) is 13.8 Å². The fraction of sp³-hybridized carbons (Fsp3) is 0.538. The molecule has 20 heavy (non-hydrogen) atoms. The lowest BCUT2D eigenvalue weighted by atomic mass is 10.2. The maximum Gasteiger partial charge on any atom is 0.297 e. The van der Waals surface area contributed by atoms with E-state index >= 15 is 0 Å². The predicted molar refractivity (Wildman–Crippen MR) is 73.5 cm³/mol. The minimum Gasteiger partial charge on any atom is -0.360 e. The van der Waals surface area contributed by atoms with Gasteiger partial charge in [0.25, 0.3) is 5.56 Å². The quantitative estimate of drug-likeness (QED) is 0.821. The Bertz CT molecular complexity index is 687. The second-order valence-electron chi connectivity index (χ2n) is 4.71. The molecule has 0 atom stereocenters. The van der Waals surface area contributed by atoms with Gasteiger partial charge in [0.2, 0.25) is 5.91 Å². The summed E-state index contributed by atoms with van der Waals surface area (Å²) in [4.78, 5) is 23.9. The van der Waals surface area contributed by atoms with Gasteiger partial charge in [-0.15, -0.1) is 0 Å². The van der Waals surface area contributed by atoms with Crippen LogP contribution in [-0.2, 0) is 11.3 Å². The molecule has 2 aromatic rings. The predicted octanol–water partition coefficient (Wildman–Crippen LogP) is 0.918. The molecule has 0 unspecified atom stereocenters. The van der Waals surface area contributed by atoms with Crippen LogP contribution in [0.5, 0.6) is 0 Å². The molecule has 0 radical (unpaired) electrons. The van der Waals surface area contributed by atoms with Crippen molar-refractivity contribution in [2.45, 2.75) is 40.2 Å². The average molecular weight is 278 g/mol. The number of aromatic nitrogens is 3. The summed E-state index contributed by atoms with van der Waals surface area (Å²) in [6, 6.07) is 0. The van der Waals surface area contributed by atoms with E-state index in [0.29, 0.717) is 23.4 Å². The van der Waals surface area contributed by atoms with Gasteiger partial charge in [0.05, 0.1) is 11.1 Å². The largest absolute Gasteiger partial charge is 0.360 e. The van der Waals surface area contributed by atoms with E-state index in [4.69, 9.17) is 4.52 Å². The lowest BCUT2D eigenvalue weighted by Gasteiger charge is -2.07. The number of rotatable bonds is 5. The first kappa shape index (κ1) is 14.2. The first-order valence-corrected chi connectivity index (χ1v) is 6.65. The summed E-state index contributed by atoms with van der Waals surface area (Å²) >= 11 is 0. The van der Waals surface area contributed by atoms with Crippen molar-refractivity contribution in [1.82, 2.24) is 20.3 Å². The van der Waals surface area contributed by atoms with Crippen LogP contribution in [-0.4, -0.2) is 27.4 Å². The van der Waals surface area contributed by atoms with Crippen molar-refractivity contribution in [2.75, 3.05) is 6.54 Å². The maximum atomic E-state index is 12.2. The molecule has 0 aliphatic rings. The van der Waals surface area contributed by atoms with Crippen LogP contribution in [0.2, 0.25) is 0 Å². The number of hydrogen-bond donors (Lipinski definition) is 1. The van der Waals surface area contributed by atoms with Gasteiger partial charge in [-0.1, -0.05) is 18.5 Å². The Morgan fingerprint density at radius 1 is 1.40 bits per heavy atom. The molecule has 1 amide bonds. The average Bonchev–Trinajstić information content (AvgIpc) is 2.79. The van der Waals surface area contributed by atoms with Gasteiger partial charge >= 0.3 is 0 Å². The van der Waals surface area contributed by atoms with E-state index in [1.807, 2.05) is 6.92 Å². The first-order chi connectivity index (χ1) is 9.54. The fourth-order valence-electron chi connectivity index (χ4n) is 2.05. The Hall–Kier alpha value is -2.18. The lowest BCUT2D eigenvalue weighted by Crippen LogP contribution is -2.34. The van der Waals surface area contributed by atoms with Gasteiger partial charge in [-0.3, -0.25) is 9.59 Å². The molecule has 7 nitrogen and oxygen atoms in total. The molecule has 0 bridgehead atoms. The molecule has 1 N–H and O–H groups in total. The van der Waals surface area contributed by atoms with Gasteiger partial charge in [-0.2, -0.15) is 5.10 Å². The van der Waals surface area contributed by atoms with Gasteiger partial charge in [0.1, 0.15) is 12.3 Å². The van der Waals surface area contributed by atoms with E-state index in [9.17, 15) is 9.59 Å². The number of unbranched alkanes of at least 4 members (excludes halogenated alkanes) is 1. The van der Waals surface area contributed by atoms with E-state index < -0.39 is 5.56 Å². The summed E-state index contributed by atoms with van der Waals surface area (Å²) in [5.74, 6) is 0.327. The molecule has 2 rings (SSSR count). The Labute approximate surface area is 115 Å². The van der Waals surface area contributed by atoms with Gasteiger partial charge in [-0.25, -0.2) is 4.68 Å². The number of aryl methyl sites for hydroxylation is 2. The number of amides is 1. The van der Waals surface area contributed by atoms with E-state index in [1.165, 1.54) is 0 Å². The highest BCUT2D eigenvalue weighted by molar-refractivity contribution is 5.82. The number of nitrogens with one attached hydrogen (secondary N) is 1. The van der Waals surface area contributed by atoms with E-state index in [0.717, 1.165) is 17.5 Å². The monoisotopic (exact) mass is 278 g/mol. The van der Waals surface area contributed by atoms with Gasteiger partial charge < -0.3 is 9.84 Å². The van der Waals surface area contributed by atoms with Crippen LogP contribution in [0.25, 0.3) is 10.9 Å². The van der Waals surface area contributed by atoms with Crippen LogP contribution < -0.4 is 10.9 Å². The molecule has 0 aliphatic carbocycles. The smallest absolute Gasteiger partial charge is 0.297 e. The summed E-state index contributed by atoms with van der Waals surface area (Å²) < 4.78 is 6.14. The molecule has 0 spiro atoms. The first-order valence-electron chi connectivity index (χ1n) is 6.65. The Kier molecular flexibility index (Phi) is 4.16. The summed E-state index contributed by atoms with van der Waals surface area (Å²) in [5, 5.41) is 11.3. The zero-order valence-electron chi connectivity index (χ0n) is 11.9. The number of nitrogens with zero attached hydrogens (tertiary/aromatic N) is 3. The Morgan fingerprint density at radius 3 is 2.85 bits per heavy atom. The highest BCUT2D eigenvalue weighted by atomic mass is 16.5. The van der Waals surface area contributed by atoms with E-state index in [1.54, 1.807) is 13.8 Å². The summed E-state index contributed by atoms with van der Waals surface area (Å²) in [6.45, 7) is 6.03. The van der Waals surface area contributed by atoms with Crippen molar-refractivity contribution >= 4 is 16.8 Å². The molecule has 0 fully saturated rings. The Morgan fingerprint density at radius 2 is 2.15 bits per heavy atom. The second-order valence-corrected chi connectivity index (χ2v) is 4.71. The number of carbonyl (C=O) groups excluding carboxylic acids is 1. The van der Waals surface area contributed by atoms with E-state index in [2.05, 4.69) is 15.6 Å². The number of carbonyl (C=O) groups is 1. The molecular weight excluding hydrogens is 260 g/mol. The number of fused-ring (bicyclic) bond motifs is 1. The summed E-state index contributed by atoms with van der Waals surface area (Å²) in [6.07, 6.45) is 1.91. The third kappa shape index (κ3) is 2.71. The van der Waals surface area contributed by atoms with Crippen LogP contribution >= 0.6 is 0 Å². The highest BCUT2D eigenvalue weighted by Crippen LogP contribution is 2.16. The molecule has 7 heteroatoms. The van der Waals surface area contributed by atoms with E-state index in [-0.39, 0.29) is 18.0 Å².